The Morgan fingerprint density at radius 1 is 1.43 bits per heavy atom. The van der Waals surface area contributed by atoms with Gasteiger partial charge < -0.3 is 5.32 Å². The summed E-state index contributed by atoms with van der Waals surface area (Å²) < 4.78 is 0. The summed E-state index contributed by atoms with van der Waals surface area (Å²) in [4.78, 5) is 2.60. The van der Waals surface area contributed by atoms with Crippen molar-refractivity contribution in [3.63, 3.8) is 0 Å². The van der Waals surface area contributed by atoms with E-state index < -0.39 is 0 Å². The zero-order chi connectivity index (χ0) is 9.97. The molecule has 3 unspecified atom stereocenters. The number of likely N-dealkylation sites (N-methyl/N-ethyl adjacent to an activating group) is 1. The molecule has 2 aliphatic rings. The van der Waals surface area contributed by atoms with E-state index in [9.17, 15) is 0 Å². The van der Waals surface area contributed by atoms with Crippen LogP contribution in [0.15, 0.2) is 0 Å². The minimum Gasteiger partial charge on any atom is -0.312 e. The second-order valence-electron chi connectivity index (χ2n) is 4.63. The van der Waals surface area contributed by atoms with Gasteiger partial charge in [0.2, 0.25) is 0 Å². The van der Waals surface area contributed by atoms with E-state index in [1.807, 2.05) is 0 Å². The fourth-order valence-corrected chi connectivity index (χ4v) is 3.86. The molecule has 0 amide bonds. The molecule has 1 N–H and O–H groups in total. The Kier molecular flexibility index (Phi) is 3.74. The first kappa shape index (κ1) is 10.8. The average Bonchev–Trinajstić information content (AvgIpc) is 2.87. The molecule has 2 nitrogen and oxygen atoms in total. The fourth-order valence-electron chi connectivity index (χ4n) is 2.58. The Bertz CT molecular complexity index is 154. The molecule has 2 rings (SSSR count). The van der Waals surface area contributed by atoms with Gasteiger partial charge in [0, 0.05) is 23.9 Å². The summed E-state index contributed by atoms with van der Waals surface area (Å²) in [6.07, 6.45) is 4.12. The zero-order valence-corrected chi connectivity index (χ0v) is 10.1. The molecule has 3 heteroatoms. The van der Waals surface area contributed by atoms with Crippen LogP contribution in [0.4, 0.5) is 0 Å². The van der Waals surface area contributed by atoms with Crippen LogP contribution in [-0.2, 0) is 0 Å². The molecule has 2 aliphatic heterocycles. The smallest absolute Gasteiger partial charge is 0.0221 e. The molecule has 3 atom stereocenters. The highest BCUT2D eigenvalue weighted by atomic mass is 32.2. The molecule has 0 aromatic rings. The van der Waals surface area contributed by atoms with E-state index in [2.05, 4.69) is 35.9 Å². The number of nitrogens with one attached hydrogen (secondary N) is 1. The van der Waals surface area contributed by atoms with Crippen molar-refractivity contribution in [2.45, 2.75) is 44.3 Å². The Morgan fingerprint density at radius 3 is 2.86 bits per heavy atom. The molecule has 2 saturated heterocycles. The van der Waals surface area contributed by atoms with E-state index in [0.29, 0.717) is 6.04 Å². The van der Waals surface area contributed by atoms with Crippen molar-refractivity contribution < 1.29 is 0 Å². The summed E-state index contributed by atoms with van der Waals surface area (Å²) in [5, 5.41) is 3.61. The van der Waals surface area contributed by atoms with Crippen molar-refractivity contribution in [2.75, 3.05) is 25.1 Å². The van der Waals surface area contributed by atoms with Gasteiger partial charge in [-0.3, -0.25) is 4.90 Å². The molecule has 0 aromatic heterocycles. The van der Waals surface area contributed by atoms with Gasteiger partial charge in [-0.2, -0.15) is 11.8 Å². The van der Waals surface area contributed by atoms with Gasteiger partial charge in [-0.05, 0) is 45.5 Å². The number of nitrogens with zero attached hydrogens (tertiary/aromatic N) is 1. The predicted molar refractivity (Wildman–Crippen MR) is 64.0 cm³/mol. The molecular weight excluding hydrogens is 192 g/mol. The topological polar surface area (TPSA) is 15.3 Å². The Balaban J connectivity index is 1.85. The van der Waals surface area contributed by atoms with Gasteiger partial charge in [-0.1, -0.05) is 0 Å². The minimum atomic E-state index is 0.709. The first-order valence-corrected chi connectivity index (χ1v) is 6.97. The van der Waals surface area contributed by atoms with Gasteiger partial charge in [-0.25, -0.2) is 0 Å². The van der Waals surface area contributed by atoms with Crippen molar-refractivity contribution in [3.05, 3.63) is 0 Å². The fraction of sp³-hybridized carbons (Fsp3) is 1.00. The lowest BCUT2D eigenvalue weighted by molar-refractivity contribution is 0.168. The maximum atomic E-state index is 3.61. The van der Waals surface area contributed by atoms with Crippen molar-refractivity contribution in [2.24, 2.45) is 0 Å². The molecule has 0 spiro atoms. The van der Waals surface area contributed by atoms with Crippen LogP contribution in [0.1, 0.15) is 26.2 Å². The lowest BCUT2D eigenvalue weighted by Gasteiger charge is -2.34. The van der Waals surface area contributed by atoms with Gasteiger partial charge in [0.25, 0.3) is 0 Å². The number of hydrogen-bond donors (Lipinski definition) is 1. The van der Waals surface area contributed by atoms with Gasteiger partial charge in [-0.15, -0.1) is 0 Å². The van der Waals surface area contributed by atoms with Crippen molar-refractivity contribution in [1.29, 1.82) is 0 Å². The number of hydrogen-bond acceptors (Lipinski definition) is 3. The Labute approximate surface area is 91.8 Å². The van der Waals surface area contributed by atoms with E-state index >= 15 is 0 Å². The van der Waals surface area contributed by atoms with Crippen LogP contribution in [-0.4, -0.2) is 48.1 Å². The lowest BCUT2D eigenvalue weighted by atomic mass is 10.0. The third-order valence-corrected chi connectivity index (χ3v) is 4.95. The second kappa shape index (κ2) is 4.86. The van der Waals surface area contributed by atoms with Crippen LogP contribution in [0.5, 0.6) is 0 Å². The van der Waals surface area contributed by atoms with E-state index in [-0.39, 0.29) is 0 Å². The minimum absolute atomic E-state index is 0.709. The number of rotatable bonds is 3. The number of thioether (sulfide) groups is 1. The van der Waals surface area contributed by atoms with Crippen LogP contribution < -0.4 is 5.32 Å². The van der Waals surface area contributed by atoms with E-state index in [4.69, 9.17) is 0 Å². The summed E-state index contributed by atoms with van der Waals surface area (Å²) in [6, 6.07) is 2.28. The standard InChI is InChI=1S/C11H22N2S/c1-9(11-4-3-6-12-11)13(2)10-5-7-14-8-10/h9-12H,3-8H2,1-2H3. The second-order valence-corrected chi connectivity index (χ2v) is 5.78. The van der Waals surface area contributed by atoms with E-state index in [1.54, 1.807) is 0 Å². The van der Waals surface area contributed by atoms with Crippen LogP contribution in [0.25, 0.3) is 0 Å². The monoisotopic (exact) mass is 214 g/mol. The first-order chi connectivity index (χ1) is 6.79. The van der Waals surface area contributed by atoms with Crippen molar-refractivity contribution >= 4 is 11.8 Å². The van der Waals surface area contributed by atoms with Crippen LogP contribution in [0, 0.1) is 0 Å². The van der Waals surface area contributed by atoms with Crippen molar-refractivity contribution in [1.82, 2.24) is 10.2 Å². The van der Waals surface area contributed by atoms with Crippen molar-refractivity contribution in [3.8, 4) is 0 Å². The maximum Gasteiger partial charge on any atom is 0.0221 e. The van der Waals surface area contributed by atoms with E-state index in [1.165, 1.54) is 37.3 Å². The quantitative estimate of drug-likeness (QED) is 0.767. The van der Waals surface area contributed by atoms with Crippen LogP contribution in [0.3, 0.4) is 0 Å². The molecule has 0 aliphatic carbocycles. The Morgan fingerprint density at radius 2 is 2.29 bits per heavy atom. The highest BCUT2D eigenvalue weighted by molar-refractivity contribution is 7.99. The van der Waals surface area contributed by atoms with Gasteiger partial charge >= 0.3 is 0 Å². The molecule has 0 aromatic carbocycles. The lowest BCUT2D eigenvalue weighted by Crippen LogP contribution is -2.48. The van der Waals surface area contributed by atoms with E-state index in [0.717, 1.165) is 12.1 Å². The largest absolute Gasteiger partial charge is 0.312 e. The third-order valence-electron chi connectivity index (χ3n) is 3.80. The average molecular weight is 214 g/mol. The third kappa shape index (κ3) is 2.26. The van der Waals surface area contributed by atoms with Crippen LogP contribution >= 0.6 is 11.8 Å². The molecule has 0 bridgehead atoms. The maximum absolute atomic E-state index is 3.61. The summed E-state index contributed by atoms with van der Waals surface area (Å²) in [6.45, 7) is 3.61. The summed E-state index contributed by atoms with van der Waals surface area (Å²) >= 11 is 2.11. The first-order valence-electron chi connectivity index (χ1n) is 5.82. The summed E-state index contributed by atoms with van der Waals surface area (Å²) in [5.74, 6) is 2.70. The molecular formula is C11H22N2S. The van der Waals surface area contributed by atoms with Gasteiger partial charge in [0.1, 0.15) is 0 Å². The SMILES string of the molecule is CC(C1CCCN1)N(C)C1CCSC1. The predicted octanol–water partition coefficient (Wildman–Crippen LogP) is 1.56. The van der Waals surface area contributed by atoms with Gasteiger partial charge in [0.15, 0.2) is 0 Å². The molecule has 0 radical (unpaired) electrons. The molecule has 2 heterocycles. The highest BCUT2D eigenvalue weighted by Gasteiger charge is 2.29. The Hall–Kier alpha value is 0.270. The molecule has 2 fully saturated rings. The molecule has 0 saturated carbocycles. The van der Waals surface area contributed by atoms with Gasteiger partial charge in [0.05, 0.1) is 0 Å². The van der Waals surface area contributed by atoms with Crippen LogP contribution in [0.2, 0.25) is 0 Å². The summed E-state index contributed by atoms with van der Waals surface area (Å²) in [5.41, 5.74) is 0. The summed E-state index contributed by atoms with van der Waals surface area (Å²) in [7, 11) is 2.31. The normalized spacial score (nSPS) is 35.4. The zero-order valence-electron chi connectivity index (χ0n) is 9.33. The molecule has 82 valence electrons. The molecule has 14 heavy (non-hydrogen) atoms. The highest BCUT2D eigenvalue weighted by Crippen LogP contribution is 2.24.